The molecular weight excluding hydrogens is 243 g/mol. The molecule has 0 fully saturated rings. The van der Waals surface area contributed by atoms with E-state index in [4.69, 9.17) is 5.73 Å². The summed E-state index contributed by atoms with van der Waals surface area (Å²) in [6.07, 6.45) is -3.15. The van der Waals surface area contributed by atoms with E-state index < -0.39 is 17.2 Å². The van der Waals surface area contributed by atoms with Crippen molar-refractivity contribution in [2.45, 2.75) is 25.9 Å². The monoisotopic (exact) mass is 261 g/mol. The molecule has 0 saturated heterocycles. The van der Waals surface area contributed by atoms with Crippen molar-refractivity contribution in [3.05, 3.63) is 35.4 Å². The second kappa shape index (κ2) is 5.71. The van der Waals surface area contributed by atoms with Crippen molar-refractivity contribution in [3.8, 4) is 0 Å². The zero-order valence-electron chi connectivity index (χ0n) is 10.3. The number of nitrogens with two attached hydrogens (primary N) is 1. The average molecular weight is 261 g/mol. The van der Waals surface area contributed by atoms with Crippen molar-refractivity contribution in [2.24, 2.45) is 11.1 Å². The van der Waals surface area contributed by atoms with Gasteiger partial charge in [-0.15, -0.1) is 0 Å². The Morgan fingerprint density at radius 2 is 1.72 bits per heavy atom. The fourth-order valence-electron chi connectivity index (χ4n) is 1.82. The smallest absolute Gasteiger partial charge is 0.396 e. The molecule has 0 bridgehead atoms. The molecule has 0 aliphatic heterocycles. The van der Waals surface area contributed by atoms with Crippen LogP contribution in [0.4, 0.5) is 13.2 Å². The highest BCUT2D eigenvalue weighted by atomic mass is 19.4. The van der Waals surface area contributed by atoms with E-state index in [0.29, 0.717) is 19.4 Å². The summed E-state index contributed by atoms with van der Waals surface area (Å²) < 4.78 is 37.2. The van der Waals surface area contributed by atoms with Crippen LogP contribution in [0.3, 0.4) is 0 Å². The number of benzene rings is 1. The minimum absolute atomic E-state index is 0.0684. The molecule has 0 aromatic heterocycles. The Morgan fingerprint density at radius 3 is 2.06 bits per heavy atom. The number of rotatable bonds is 5. The largest absolute Gasteiger partial charge is 0.416 e. The number of halogens is 3. The van der Waals surface area contributed by atoms with Crippen molar-refractivity contribution in [1.29, 1.82) is 0 Å². The lowest BCUT2D eigenvalue weighted by atomic mass is 9.80. The molecule has 1 atom stereocenters. The Kier molecular flexibility index (Phi) is 4.76. The predicted octanol–water partition coefficient (Wildman–Crippen LogP) is 2.60. The lowest BCUT2D eigenvalue weighted by Gasteiger charge is -2.29. The van der Waals surface area contributed by atoms with Crippen LogP contribution in [0.5, 0.6) is 0 Å². The lowest BCUT2D eigenvalue weighted by molar-refractivity contribution is -0.137. The molecule has 0 radical (unpaired) electrons. The molecule has 1 aromatic rings. The molecule has 1 unspecified atom stereocenters. The highest BCUT2D eigenvalue weighted by molar-refractivity contribution is 5.25. The maximum atomic E-state index is 12.4. The van der Waals surface area contributed by atoms with Gasteiger partial charge < -0.3 is 10.8 Å². The molecule has 0 heterocycles. The normalized spacial score (nSPS) is 15.4. The van der Waals surface area contributed by atoms with Crippen LogP contribution >= 0.6 is 0 Å². The van der Waals surface area contributed by atoms with Gasteiger partial charge in [-0.1, -0.05) is 19.1 Å². The van der Waals surface area contributed by atoms with E-state index in [-0.39, 0.29) is 6.61 Å². The number of hydrogen-bond donors (Lipinski definition) is 2. The van der Waals surface area contributed by atoms with Crippen molar-refractivity contribution in [2.75, 3.05) is 13.2 Å². The van der Waals surface area contributed by atoms with Crippen molar-refractivity contribution >= 4 is 0 Å². The van der Waals surface area contributed by atoms with Gasteiger partial charge >= 0.3 is 6.18 Å². The van der Waals surface area contributed by atoms with Crippen LogP contribution in [-0.4, -0.2) is 18.3 Å². The van der Waals surface area contributed by atoms with Crippen LogP contribution < -0.4 is 5.73 Å². The predicted molar refractivity (Wildman–Crippen MR) is 64.0 cm³/mol. The minimum atomic E-state index is -4.31. The van der Waals surface area contributed by atoms with E-state index in [1.807, 2.05) is 6.92 Å². The van der Waals surface area contributed by atoms with E-state index in [1.54, 1.807) is 0 Å². The van der Waals surface area contributed by atoms with Crippen LogP contribution in [-0.2, 0) is 12.6 Å². The lowest BCUT2D eigenvalue weighted by Crippen LogP contribution is -2.35. The van der Waals surface area contributed by atoms with Gasteiger partial charge in [0.2, 0.25) is 0 Å². The minimum Gasteiger partial charge on any atom is -0.396 e. The fraction of sp³-hybridized carbons (Fsp3) is 0.538. The molecule has 5 heteroatoms. The van der Waals surface area contributed by atoms with Gasteiger partial charge in [0.1, 0.15) is 0 Å². The van der Waals surface area contributed by atoms with E-state index >= 15 is 0 Å². The first-order valence-corrected chi connectivity index (χ1v) is 5.84. The number of hydrogen-bond acceptors (Lipinski definition) is 2. The quantitative estimate of drug-likeness (QED) is 0.855. The zero-order valence-corrected chi connectivity index (χ0v) is 10.3. The summed E-state index contributed by atoms with van der Waals surface area (Å²) in [5.41, 5.74) is 5.28. The molecule has 0 amide bonds. The van der Waals surface area contributed by atoms with Crippen molar-refractivity contribution in [3.63, 3.8) is 0 Å². The van der Waals surface area contributed by atoms with Crippen LogP contribution in [0.15, 0.2) is 24.3 Å². The Hall–Kier alpha value is -1.07. The molecule has 0 aliphatic rings. The number of aliphatic hydroxyl groups excluding tert-OH is 1. The van der Waals surface area contributed by atoms with Gasteiger partial charge in [0, 0.05) is 12.0 Å². The number of aliphatic hydroxyl groups is 1. The second-order valence-corrected chi connectivity index (χ2v) is 4.59. The molecule has 0 saturated carbocycles. The molecule has 2 nitrogen and oxygen atoms in total. The number of alkyl halides is 3. The van der Waals surface area contributed by atoms with Crippen LogP contribution in [0.2, 0.25) is 0 Å². The Morgan fingerprint density at radius 1 is 1.17 bits per heavy atom. The first-order valence-electron chi connectivity index (χ1n) is 5.84. The molecule has 18 heavy (non-hydrogen) atoms. The van der Waals surface area contributed by atoms with E-state index in [9.17, 15) is 18.3 Å². The highest BCUT2D eigenvalue weighted by Gasteiger charge is 2.31. The van der Waals surface area contributed by atoms with Gasteiger partial charge in [0.15, 0.2) is 0 Å². The molecule has 102 valence electrons. The van der Waals surface area contributed by atoms with Gasteiger partial charge in [-0.2, -0.15) is 13.2 Å². The maximum absolute atomic E-state index is 12.4. The summed E-state index contributed by atoms with van der Waals surface area (Å²) in [4.78, 5) is 0. The van der Waals surface area contributed by atoms with Gasteiger partial charge in [0.25, 0.3) is 0 Å². The third-order valence-corrected chi connectivity index (χ3v) is 3.38. The highest BCUT2D eigenvalue weighted by Crippen LogP contribution is 2.31. The van der Waals surface area contributed by atoms with Crippen LogP contribution in [0.1, 0.15) is 24.5 Å². The third-order valence-electron chi connectivity index (χ3n) is 3.38. The fourth-order valence-corrected chi connectivity index (χ4v) is 1.82. The first-order chi connectivity index (χ1) is 8.37. The third kappa shape index (κ3) is 3.46. The van der Waals surface area contributed by atoms with E-state index in [0.717, 1.165) is 17.7 Å². The summed E-state index contributed by atoms with van der Waals surface area (Å²) in [5.74, 6) is 0. The van der Waals surface area contributed by atoms with Crippen molar-refractivity contribution < 1.29 is 18.3 Å². The topological polar surface area (TPSA) is 46.2 Å². The summed E-state index contributed by atoms with van der Waals surface area (Å²) in [5, 5.41) is 9.36. The second-order valence-electron chi connectivity index (χ2n) is 4.59. The molecule has 1 aromatic carbocycles. The Labute approximate surface area is 105 Å². The SMILES string of the molecule is CCC(CN)(CO)Cc1ccc(C(F)(F)F)cc1. The molecule has 1 rings (SSSR count). The van der Waals surface area contributed by atoms with E-state index in [1.165, 1.54) is 12.1 Å². The molecule has 3 N–H and O–H groups in total. The molecule has 0 spiro atoms. The van der Waals surface area contributed by atoms with Crippen LogP contribution in [0, 0.1) is 5.41 Å². The van der Waals surface area contributed by atoms with Gasteiger partial charge in [-0.05, 0) is 30.5 Å². The van der Waals surface area contributed by atoms with Gasteiger partial charge in [-0.3, -0.25) is 0 Å². The van der Waals surface area contributed by atoms with Gasteiger partial charge in [-0.25, -0.2) is 0 Å². The average Bonchev–Trinajstić information content (AvgIpc) is 2.36. The summed E-state index contributed by atoms with van der Waals surface area (Å²) >= 11 is 0. The first kappa shape index (κ1) is 15.0. The molecule has 0 aliphatic carbocycles. The van der Waals surface area contributed by atoms with Crippen molar-refractivity contribution in [1.82, 2.24) is 0 Å². The maximum Gasteiger partial charge on any atom is 0.416 e. The Balaban J connectivity index is 2.86. The summed E-state index contributed by atoms with van der Waals surface area (Å²) in [6, 6.07) is 5.00. The van der Waals surface area contributed by atoms with Gasteiger partial charge in [0.05, 0.1) is 12.2 Å². The standard InChI is InChI=1S/C13H18F3NO/c1-2-12(8-17,9-18)7-10-3-5-11(6-4-10)13(14,15)16/h3-6,18H,2,7-9,17H2,1H3. The molecular formula is C13H18F3NO. The zero-order chi connectivity index (χ0) is 13.8. The summed E-state index contributed by atoms with van der Waals surface area (Å²) in [7, 11) is 0. The summed E-state index contributed by atoms with van der Waals surface area (Å²) in [6.45, 7) is 2.15. The Bertz CT molecular complexity index is 361. The van der Waals surface area contributed by atoms with Crippen LogP contribution in [0.25, 0.3) is 0 Å². The van der Waals surface area contributed by atoms with E-state index in [2.05, 4.69) is 0 Å².